The Labute approximate surface area is 109 Å². The number of ether oxygens (including phenoxy) is 1. The number of hydrogen-bond donors (Lipinski definition) is 0. The van der Waals surface area contributed by atoms with Crippen LogP contribution in [0.4, 0.5) is 0 Å². The van der Waals surface area contributed by atoms with Gasteiger partial charge in [0.05, 0.1) is 6.61 Å². The van der Waals surface area contributed by atoms with Crippen molar-refractivity contribution >= 4 is 11.9 Å². The van der Waals surface area contributed by atoms with Crippen molar-refractivity contribution in [3.63, 3.8) is 0 Å². The van der Waals surface area contributed by atoms with E-state index in [0.717, 1.165) is 25.8 Å². The van der Waals surface area contributed by atoms with Crippen LogP contribution in [0.5, 0.6) is 0 Å². The predicted molar refractivity (Wildman–Crippen MR) is 69.1 cm³/mol. The van der Waals surface area contributed by atoms with Gasteiger partial charge in [0.25, 0.3) is 0 Å². The highest BCUT2D eigenvalue weighted by Crippen LogP contribution is 2.16. The minimum Gasteiger partial charge on any atom is -0.458 e. The molecule has 0 atom stereocenters. The molecule has 1 saturated heterocycles. The maximum absolute atomic E-state index is 11.8. The lowest BCUT2D eigenvalue weighted by atomic mass is 9.99. The fourth-order valence-electron chi connectivity index (χ4n) is 1.95. The zero-order valence-corrected chi connectivity index (χ0v) is 11.6. The van der Waals surface area contributed by atoms with E-state index < -0.39 is 11.9 Å². The fourth-order valence-corrected chi connectivity index (χ4v) is 1.95. The summed E-state index contributed by atoms with van der Waals surface area (Å²) in [5.74, 6) is -0.541. The second-order valence-electron chi connectivity index (χ2n) is 5.27. The van der Waals surface area contributed by atoms with Crippen molar-refractivity contribution in [2.75, 3.05) is 40.3 Å². The average Bonchev–Trinajstić information content (AvgIpc) is 2.34. The highest BCUT2D eigenvalue weighted by atomic mass is 16.5. The summed E-state index contributed by atoms with van der Waals surface area (Å²) in [7, 11) is 3.92. The fraction of sp³-hybridized carbons (Fsp3) is 0.846. The van der Waals surface area contributed by atoms with Crippen molar-refractivity contribution in [2.24, 2.45) is 5.92 Å². The maximum atomic E-state index is 11.8. The number of piperidine rings is 1. The molecule has 1 aliphatic heterocycles. The molecule has 0 N–H and O–H groups in total. The third kappa shape index (κ3) is 5.04. The van der Waals surface area contributed by atoms with Gasteiger partial charge in [0.2, 0.25) is 0 Å². The SMILES string of the molecule is CC1CCN(C(=O)C(=O)OCCCN(C)C)CC1. The van der Waals surface area contributed by atoms with E-state index in [9.17, 15) is 9.59 Å². The molecular formula is C13H24N2O3. The van der Waals surface area contributed by atoms with Gasteiger partial charge in [-0.1, -0.05) is 6.92 Å². The number of rotatable bonds is 4. The Morgan fingerprint density at radius 1 is 1.28 bits per heavy atom. The topological polar surface area (TPSA) is 49.9 Å². The summed E-state index contributed by atoms with van der Waals surface area (Å²) in [6.45, 7) is 4.68. The number of carbonyl (C=O) groups excluding carboxylic acids is 2. The molecule has 0 bridgehead atoms. The molecule has 0 aromatic rings. The summed E-state index contributed by atoms with van der Waals surface area (Å²) in [6.07, 6.45) is 2.70. The third-order valence-electron chi connectivity index (χ3n) is 3.23. The Bertz CT molecular complexity index is 284. The van der Waals surface area contributed by atoms with Crippen molar-refractivity contribution in [1.82, 2.24) is 9.80 Å². The lowest BCUT2D eigenvalue weighted by molar-refractivity contribution is -0.161. The molecular weight excluding hydrogens is 232 g/mol. The summed E-state index contributed by atoms with van der Waals surface area (Å²) < 4.78 is 4.98. The summed E-state index contributed by atoms with van der Waals surface area (Å²) in [6, 6.07) is 0. The molecule has 1 amide bonds. The summed E-state index contributed by atoms with van der Waals surface area (Å²) in [5.41, 5.74) is 0. The Hall–Kier alpha value is -1.10. The van der Waals surface area contributed by atoms with Gasteiger partial charge in [0.1, 0.15) is 0 Å². The van der Waals surface area contributed by atoms with Crippen LogP contribution in [0.1, 0.15) is 26.2 Å². The van der Waals surface area contributed by atoms with E-state index in [1.165, 1.54) is 0 Å². The number of hydrogen-bond acceptors (Lipinski definition) is 4. The third-order valence-corrected chi connectivity index (χ3v) is 3.23. The van der Waals surface area contributed by atoms with E-state index in [-0.39, 0.29) is 0 Å². The van der Waals surface area contributed by atoms with E-state index in [0.29, 0.717) is 25.6 Å². The smallest absolute Gasteiger partial charge is 0.397 e. The molecule has 5 heteroatoms. The first-order chi connectivity index (χ1) is 8.50. The molecule has 0 aromatic carbocycles. The van der Waals surface area contributed by atoms with Crippen LogP contribution in [0.15, 0.2) is 0 Å². The van der Waals surface area contributed by atoms with Gasteiger partial charge in [-0.3, -0.25) is 4.79 Å². The van der Waals surface area contributed by atoms with Gasteiger partial charge in [-0.15, -0.1) is 0 Å². The second kappa shape index (κ2) is 7.36. The molecule has 18 heavy (non-hydrogen) atoms. The first-order valence-corrected chi connectivity index (χ1v) is 6.61. The van der Waals surface area contributed by atoms with Crippen molar-refractivity contribution in [1.29, 1.82) is 0 Å². The number of nitrogens with zero attached hydrogens (tertiary/aromatic N) is 2. The molecule has 5 nitrogen and oxygen atoms in total. The van der Waals surface area contributed by atoms with Crippen LogP contribution in [0.25, 0.3) is 0 Å². The van der Waals surface area contributed by atoms with Crippen molar-refractivity contribution < 1.29 is 14.3 Å². The van der Waals surface area contributed by atoms with Crippen LogP contribution in [0.3, 0.4) is 0 Å². The van der Waals surface area contributed by atoms with E-state index >= 15 is 0 Å². The molecule has 1 rings (SSSR count). The van der Waals surface area contributed by atoms with Gasteiger partial charge in [0.15, 0.2) is 0 Å². The Morgan fingerprint density at radius 3 is 2.44 bits per heavy atom. The standard InChI is InChI=1S/C13H24N2O3/c1-11-5-8-15(9-6-11)12(16)13(17)18-10-4-7-14(2)3/h11H,4-10H2,1-3H3. The van der Waals surface area contributed by atoms with E-state index in [4.69, 9.17) is 4.74 Å². The number of esters is 1. The van der Waals surface area contributed by atoms with Gasteiger partial charge >= 0.3 is 11.9 Å². The summed E-state index contributed by atoms with van der Waals surface area (Å²) >= 11 is 0. The molecule has 0 spiro atoms. The number of carbonyl (C=O) groups is 2. The van der Waals surface area contributed by atoms with Crippen molar-refractivity contribution in [2.45, 2.75) is 26.2 Å². The average molecular weight is 256 g/mol. The molecule has 1 heterocycles. The molecule has 0 aromatic heterocycles. The summed E-state index contributed by atoms with van der Waals surface area (Å²) in [4.78, 5) is 26.9. The van der Waals surface area contributed by atoms with Gasteiger partial charge in [-0.2, -0.15) is 0 Å². The lowest BCUT2D eigenvalue weighted by Gasteiger charge is -2.29. The largest absolute Gasteiger partial charge is 0.458 e. The minimum absolute atomic E-state index is 0.312. The molecule has 0 aliphatic carbocycles. The van der Waals surface area contributed by atoms with Crippen LogP contribution in [-0.2, 0) is 14.3 Å². The number of amides is 1. The van der Waals surface area contributed by atoms with E-state index in [1.54, 1.807) is 4.90 Å². The number of likely N-dealkylation sites (tertiary alicyclic amines) is 1. The Kier molecular flexibility index (Phi) is 6.12. The van der Waals surface area contributed by atoms with Crippen LogP contribution >= 0.6 is 0 Å². The Balaban J connectivity index is 2.22. The van der Waals surface area contributed by atoms with Crippen LogP contribution < -0.4 is 0 Å². The van der Waals surface area contributed by atoms with Crippen molar-refractivity contribution in [3.05, 3.63) is 0 Å². The van der Waals surface area contributed by atoms with Gasteiger partial charge in [-0.05, 0) is 39.3 Å². The van der Waals surface area contributed by atoms with E-state index in [2.05, 4.69) is 6.92 Å². The quantitative estimate of drug-likeness (QED) is 0.423. The molecule has 0 saturated carbocycles. The monoisotopic (exact) mass is 256 g/mol. The zero-order valence-electron chi connectivity index (χ0n) is 11.6. The summed E-state index contributed by atoms with van der Waals surface area (Å²) in [5, 5.41) is 0. The molecule has 0 unspecified atom stereocenters. The van der Waals surface area contributed by atoms with Gasteiger partial charge in [0, 0.05) is 19.6 Å². The zero-order chi connectivity index (χ0) is 13.5. The first-order valence-electron chi connectivity index (χ1n) is 6.61. The lowest BCUT2D eigenvalue weighted by Crippen LogP contribution is -2.42. The molecule has 0 radical (unpaired) electrons. The van der Waals surface area contributed by atoms with Crippen LogP contribution in [0, 0.1) is 5.92 Å². The predicted octanol–water partition coefficient (Wildman–Crippen LogP) is 0.740. The molecule has 1 fully saturated rings. The van der Waals surface area contributed by atoms with E-state index in [1.807, 2.05) is 19.0 Å². The van der Waals surface area contributed by atoms with Crippen LogP contribution in [-0.4, -0.2) is 62.0 Å². The molecule has 104 valence electrons. The van der Waals surface area contributed by atoms with Gasteiger partial charge in [-0.25, -0.2) is 4.79 Å². The first kappa shape index (κ1) is 15.0. The van der Waals surface area contributed by atoms with Crippen molar-refractivity contribution in [3.8, 4) is 0 Å². The minimum atomic E-state index is -0.705. The van der Waals surface area contributed by atoms with Gasteiger partial charge < -0.3 is 14.5 Å². The maximum Gasteiger partial charge on any atom is 0.397 e. The second-order valence-corrected chi connectivity index (χ2v) is 5.27. The normalized spacial score (nSPS) is 17.0. The highest BCUT2D eigenvalue weighted by molar-refractivity contribution is 6.32. The molecule has 1 aliphatic rings. The highest BCUT2D eigenvalue weighted by Gasteiger charge is 2.26. The Morgan fingerprint density at radius 2 is 1.89 bits per heavy atom. The van der Waals surface area contributed by atoms with Crippen LogP contribution in [0.2, 0.25) is 0 Å².